The molecule has 58 heavy (non-hydrogen) atoms. The summed E-state index contributed by atoms with van der Waals surface area (Å²) in [6.45, 7) is 0. The molecule has 2 heterocycles. The highest BCUT2D eigenvalue weighted by atomic mass is 16.3. The Morgan fingerprint density at radius 3 is 1.55 bits per heavy atom. The highest BCUT2D eigenvalue weighted by Crippen LogP contribution is 2.48. The van der Waals surface area contributed by atoms with E-state index in [1.165, 1.54) is 65.3 Å². The molecule has 0 aliphatic rings. The number of hydrogen-bond donors (Lipinski definition) is 0. The Morgan fingerprint density at radius 2 is 0.810 bits per heavy atom. The summed E-state index contributed by atoms with van der Waals surface area (Å²) in [5, 5.41) is 16.5. The van der Waals surface area contributed by atoms with Crippen LogP contribution in [0.3, 0.4) is 0 Å². The van der Waals surface area contributed by atoms with Crippen molar-refractivity contribution in [3.05, 3.63) is 194 Å². The normalized spacial score (nSPS) is 12.1. The van der Waals surface area contributed by atoms with Crippen molar-refractivity contribution in [2.75, 3.05) is 0 Å². The van der Waals surface area contributed by atoms with E-state index in [1.54, 1.807) is 0 Å². The van der Waals surface area contributed by atoms with Gasteiger partial charge in [-0.15, -0.1) is 0 Å². The van der Waals surface area contributed by atoms with E-state index in [2.05, 4.69) is 188 Å². The maximum atomic E-state index is 6.97. The molecule has 0 atom stereocenters. The van der Waals surface area contributed by atoms with Gasteiger partial charge in [0.2, 0.25) is 0 Å². The summed E-state index contributed by atoms with van der Waals surface area (Å²) >= 11 is 0. The second-order valence-corrected chi connectivity index (χ2v) is 15.5. The van der Waals surface area contributed by atoms with Crippen LogP contribution in [-0.2, 0) is 0 Å². The van der Waals surface area contributed by atoms with Gasteiger partial charge in [-0.25, -0.2) is 0 Å². The van der Waals surface area contributed by atoms with Crippen molar-refractivity contribution in [2.24, 2.45) is 0 Å². The predicted molar refractivity (Wildman–Crippen MR) is 245 cm³/mol. The molecule has 0 fully saturated rings. The van der Waals surface area contributed by atoms with Crippen molar-refractivity contribution in [1.29, 1.82) is 0 Å². The SMILES string of the molecule is c1ccc2c(-c3c4ccccc4c(-c4ccc5cc(-c6cc7oc8ccccc8c7c7c6oc6c8ccccc8ccc67)ccc5c4)c4ccccc34)cccc2c1. The van der Waals surface area contributed by atoms with Crippen LogP contribution in [0.4, 0.5) is 0 Å². The first kappa shape index (κ1) is 31.5. The van der Waals surface area contributed by atoms with Gasteiger partial charge in [-0.3, -0.25) is 0 Å². The van der Waals surface area contributed by atoms with E-state index in [1.807, 2.05) is 6.07 Å². The van der Waals surface area contributed by atoms with Gasteiger partial charge in [0.1, 0.15) is 22.3 Å². The molecule has 0 N–H and O–H groups in total. The number of hydrogen-bond acceptors (Lipinski definition) is 2. The minimum Gasteiger partial charge on any atom is -0.456 e. The maximum absolute atomic E-state index is 6.97. The molecule has 2 aromatic heterocycles. The molecule has 0 radical (unpaired) electrons. The Bertz CT molecular complexity index is 3800. The molecule has 13 aromatic rings. The first-order valence-electron chi connectivity index (χ1n) is 19.9. The summed E-state index contributed by atoms with van der Waals surface area (Å²) < 4.78 is 13.5. The Balaban J connectivity index is 1.03. The molecule has 2 heteroatoms. The fourth-order valence-electron chi connectivity index (χ4n) is 9.84. The van der Waals surface area contributed by atoms with Gasteiger partial charge < -0.3 is 8.83 Å². The Kier molecular flexibility index (Phi) is 6.47. The van der Waals surface area contributed by atoms with E-state index in [4.69, 9.17) is 8.83 Å². The molecule has 0 amide bonds. The van der Waals surface area contributed by atoms with Gasteiger partial charge in [0.15, 0.2) is 0 Å². The largest absolute Gasteiger partial charge is 0.456 e. The van der Waals surface area contributed by atoms with Crippen molar-refractivity contribution < 1.29 is 8.83 Å². The molecule has 2 nitrogen and oxygen atoms in total. The molecule has 0 aliphatic carbocycles. The van der Waals surface area contributed by atoms with E-state index < -0.39 is 0 Å². The third kappa shape index (κ3) is 4.43. The van der Waals surface area contributed by atoms with Crippen molar-refractivity contribution in [1.82, 2.24) is 0 Å². The Labute approximate surface area is 332 Å². The first-order valence-corrected chi connectivity index (χ1v) is 19.9. The van der Waals surface area contributed by atoms with Gasteiger partial charge in [-0.2, -0.15) is 0 Å². The second-order valence-electron chi connectivity index (χ2n) is 15.5. The third-order valence-electron chi connectivity index (χ3n) is 12.4. The van der Waals surface area contributed by atoms with Crippen molar-refractivity contribution in [3.63, 3.8) is 0 Å². The van der Waals surface area contributed by atoms with E-state index >= 15 is 0 Å². The summed E-state index contributed by atoms with van der Waals surface area (Å²) in [7, 11) is 0. The number of furan rings is 2. The third-order valence-corrected chi connectivity index (χ3v) is 12.4. The van der Waals surface area contributed by atoms with Crippen LogP contribution < -0.4 is 0 Å². The number of fused-ring (bicyclic) bond motifs is 13. The zero-order valence-corrected chi connectivity index (χ0v) is 31.3. The minimum atomic E-state index is 0.862. The van der Waals surface area contributed by atoms with Gasteiger partial charge in [0.05, 0.1) is 0 Å². The highest BCUT2D eigenvalue weighted by molar-refractivity contribution is 6.31. The topological polar surface area (TPSA) is 26.3 Å². The van der Waals surface area contributed by atoms with Crippen LogP contribution in [0.1, 0.15) is 0 Å². The summed E-state index contributed by atoms with van der Waals surface area (Å²) in [6, 6.07) is 70.3. The fourth-order valence-corrected chi connectivity index (χ4v) is 9.84. The maximum Gasteiger partial charge on any atom is 0.144 e. The lowest BCUT2D eigenvalue weighted by molar-refractivity contribution is 0.665. The van der Waals surface area contributed by atoms with Gasteiger partial charge in [0, 0.05) is 32.5 Å². The van der Waals surface area contributed by atoms with Gasteiger partial charge in [-0.1, -0.05) is 164 Å². The predicted octanol–water partition coefficient (Wildman–Crippen LogP) is 16.3. The van der Waals surface area contributed by atoms with Crippen LogP contribution in [-0.4, -0.2) is 0 Å². The molecular weight excluding hydrogens is 705 g/mol. The minimum absolute atomic E-state index is 0.862. The van der Waals surface area contributed by atoms with Gasteiger partial charge >= 0.3 is 0 Å². The Hall–Kier alpha value is -7.68. The van der Waals surface area contributed by atoms with Crippen LogP contribution in [0.15, 0.2) is 203 Å². The van der Waals surface area contributed by atoms with Crippen molar-refractivity contribution in [3.8, 4) is 33.4 Å². The van der Waals surface area contributed by atoms with Crippen molar-refractivity contribution >= 4 is 97.7 Å². The number of rotatable bonds is 3. The van der Waals surface area contributed by atoms with Crippen LogP contribution in [0.2, 0.25) is 0 Å². The molecule has 0 aliphatic heterocycles. The average Bonchev–Trinajstić information content (AvgIpc) is 3.86. The quantitative estimate of drug-likeness (QED) is 0.169. The molecule has 0 saturated carbocycles. The van der Waals surface area contributed by atoms with Crippen LogP contribution in [0, 0.1) is 0 Å². The van der Waals surface area contributed by atoms with Crippen LogP contribution in [0.25, 0.3) is 131 Å². The molecule has 0 spiro atoms. The van der Waals surface area contributed by atoms with E-state index in [0.717, 1.165) is 65.8 Å². The number of para-hydroxylation sites is 1. The fraction of sp³-hybridized carbons (Fsp3) is 0. The van der Waals surface area contributed by atoms with E-state index in [0.29, 0.717) is 0 Å². The standard InChI is InChI=1S/C56H32O2/c1-3-15-39-33(12-1)14-11-22-41(39)52-44-19-7-5-17-42(44)51(43-18-6-8-20-45(43)52)38-27-25-35-30-37(26-24-36(35)31-38)48-32-50-53(46-21-9-10-23-49(46)57-50)54-47-29-28-34-13-2-4-16-40(34)55(47)58-56(48)54/h1-32H. The molecular formula is C56H32O2. The smallest absolute Gasteiger partial charge is 0.144 e. The molecule has 11 aromatic carbocycles. The zero-order valence-electron chi connectivity index (χ0n) is 31.3. The van der Waals surface area contributed by atoms with Crippen LogP contribution in [0.5, 0.6) is 0 Å². The molecule has 268 valence electrons. The van der Waals surface area contributed by atoms with Gasteiger partial charge in [0.25, 0.3) is 0 Å². The van der Waals surface area contributed by atoms with E-state index in [9.17, 15) is 0 Å². The molecule has 0 bridgehead atoms. The lowest BCUT2D eigenvalue weighted by atomic mass is 9.84. The lowest BCUT2D eigenvalue weighted by Gasteiger charge is -2.19. The molecule has 0 saturated heterocycles. The second kappa shape index (κ2) is 11.9. The zero-order chi connectivity index (χ0) is 37.9. The Morgan fingerprint density at radius 1 is 0.259 bits per heavy atom. The van der Waals surface area contributed by atoms with Crippen LogP contribution >= 0.6 is 0 Å². The molecule has 0 unspecified atom stereocenters. The first-order chi connectivity index (χ1) is 28.8. The van der Waals surface area contributed by atoms with E-state index in [-0.39, 0.29) is 0 Å². The molecule has 13 rings (SSSR count). The summed E-state index contributed by atoms with van der Waals surface area (Å²) in [6.07, 6.45) is 0. The summed E-state index contributed by atoms with van der Waals surface area (Å²) in [5.74, 6) is 0. The number of benzene rings is 11. The summed E-state index contributed by atoms with van der Waals surface area (Å²) in [5.41, 5.74) is 10.6. The monoisotopic (exact) mass is 736 g/mol. The summed E-state index contributed by atoms with van der Waals surface area (Å²) in [4.78, 5) is 0. The lowest BCUT2D eigenvalue weighted by Crippen LogP contribution is -1.91. The highest BCUT2D eigenvalue weighted by Gasteiger charge is 2.23. The average molecular weight is 737 g/mol. The van der Waals surface area contributed by atoms with Gasteiger partial charge in [-0.05, 0) is 107 Å². The van der Waals surface area contributed by atoms with Crippen molar-refractivity contribution in [2.45, 2.75) is 0 Å².